The van der Waals surface area contributed by atoms with Crippen molar-refractivity contribution in [1.29, 1.82) is 0 Å². The summed E-state index contributed by atoms with van der Waals surface area (Å²) >= 11 is 0. The summed E-state index contributed by atoms with van der Waals surface area (Å²) < 4.78 is 28.4. The standard InChI is InChI=1S/C27H29N3O3S/c1-29-13-15-30(16-14-29)34(32,33)19-10-11-24-23(17-19)21-7-4-8-22(21)27(28-24)26-20-6-3-2-5-18(20)9-12-25(26)31/h2-7,9-12,17,21-22,27-28,31H,8,13-16H2,1H3. The van der Waals surface area contributed by atoms with Gasteiger partial charge in [-0.3, -0.25) is 0 Å². The summed E-state index contributed by atoms with van der Waals surface area (Å²) in [6.07, 6.45) is 5.26. The van der Waals surface area contributed by atoms with Gasteiger partial charge in [0.1, 0.15) is 5.75 Å². The Bertz CT molecular complexity index is 1390. The second-order valence-electron chi connectivity index (χ2n) is 9.65. The van der Waals surface area contributed by atoms with E-state index in [4.69, 9.17) is 0 Å². The predicted molar refractivity (Wildman–Crippen MR) is 135 cm³/mol. The average molecular weight is 476 g/mol. The first-order chi connectivity index (χ1) is 16.4. The van der Waals surface area contributed by atoms with Gasteiger partial charge in [-0.2, -0.15) is 4.31 Å². The molecule has 0 bridgehead atoms. The first-order valence-electron chi connectivity index (χ1n) is 11.9. The number of hydrogen-bond acceptors (Lipinski definition) is 5. The second kappa shape index (κ2) is 8.12. The molecule has 1 saturated heterocycles. The van der Waals surface area contributed by atoms with Crippen LogP contribution in [0, 0.1) is 5.92 Å². The lowest BCUT2D eigenvalue weighted by Gasteiger charge is -2.38. The van der Waals surface area contributed by atoms with Gasteiger partial charge >= 0.3 is 0 Å². The van der Waals surface area contributed by atoms with Crippen LogP contribution in [0.5, 0.6) is 5.75 Å². The van der Waals surface area contributed by atoms with E-state index in [1.54, 1.807) is 16.4 Å². The summed E-state index contributed by atoms with van der Waals surface area (Å²) in [5.74, 6) is 0.590. The first-order valence-corrected chi connectivity index (χ1v) is 13.3. The minimum absolute atomic E-state index is 0.0707. The highest BCUT2D eigenvalue weighted by atomic mass is 32.2. The number of allylic oxidation sites excluding steroid dienone is 2. The number of piperazine rings is 1. The molecule has 3 atom stereocenters. The summed E-state index contributed by atoms with van der Waals surface area (Å²) in [7, 11) is -1.51. The molecule has 2 heterocycles. The number of phenolic OH excluding ortho intramolecular Hbond substituents is 1. The smallest absolute Gasteiger partial charge is 0.243 e. The Labute approximate surface area is 200 Å². The van der Waals surface area contributed by atoms with Crippen LogP contribution in [0.25, 0.3) is 10.8 Å². The second-order valence-corrected chi connectivity index (χ2v) is 11.6. The number of aromatic hydroxyl groups is 1. The minimum atomic E-state index is -3.53. The lowest BCUT2D eigenvalue weighted by molar-refractivity contribution is 0.222. The Morgan fingerprint density at radius 2 is 1.79 bits per heavy atom. The molecule has 7 heteroatoms. The number of sulfonamides is 1. The average Bonchev–Trinajstić information content (AvgIpc) is 3.34. The number of likely N-dealkylation sites (N-methyl/N-ethyl adjacent to an activating group) is 1. The highest BCUT2D eigenvalue weighted by molar-refractivity contribution is 7.89. The fourth-order valence-electron chi connectivity index (χ4n) is 5.81. The van der Waals surface area contributed by atoms with Gasteiger partial charge in [0, 0.05) is 43.3 Å². The Hall–Kier alpha value is -2.87. The van der Waals surface area contributed by atoms with Gasteiger partial charge in [0.15, 0.2) is 0 Å². The molecule has 0 radical (unpaired) electrons. The Balaban J connectivity index is 1.40. The van der Waals surface area contributed by atoms with E-state index >= 15 is 0 Å². The molecule has 0 spiro atoms. The summed E-state index contributed by atoms with van der Waals surface area (Å²) in [4.78, 5) is 2.52. The van der Waals surface area contributed by atoms with Gasteiger partial charge in [-0.05, 0) is 60.0 Å². The third kappa shape index (κ3) is 3.42. The topological polar surface area (TPSA) is 72.9 Å². The fraction of sp³-hybridized carbons (Fsp3) is 0.333. The van der Waals surface area contributed by atoms with Gasteiger partial charge in [-0.15, -0.1) is 0 Å². The maximum atomic E-state index is 13.4. The number of rotatable bonds is 3. The molecule has 3 unspecified atom stereocenters. The molecule has 176 valence electrons. The van der Waals surface area contributed by atoms with Crippen LogP contribution in [-0.2, 0) is 10.0 Å². The van der Waals surface area contributed by atoms with Crippen LogP contribution in [0.3, 0.4) is 0 Å². The van der Waals surface area contributed by atoms with Crippen molar-refractivity contribution in [3.8, 4) is 5.75 Å². The zero-order chi connectivity index (χ0) is 23.4. The third-order valence-corrected chi connectivity index (χ3v) is 9.59. The van der Waals surface area contributed by atoms with Crippen molar-refractivity contribution in [1.82, 2.24) is 9.21 Å². The van der Waals surface area contributed by atoms with Crippen LogP contribution in [0.1, 0.15) is 29.5 Å². The van der Waals surface area contributed by atoms with Crippen LogP contribution in [0.4, 0.5) is 5.69 Å². The predicted octanol–water partition coefficient (Wildman–Crippen LogP) is 4.31. The van der Waals surface area contributed by atoms with Gasteiger partial charge < -0.3 is 15.3 Å². The molecular formula is C27H29N3O3S. The lowest BCUT2D eigenvalue weighted by Crippen LogP contribution is -2.47. The van der Waals surface area contributed by atoms with Crippen molar-refractivity contribution in [2.24, 2.45) is 5.92 Å². The van der Waals surface area contributed by atoms with E-state index in [9.17, 15) is 13.5 Å². The third-order valence-electron chi connectivity index (χ3n) is 7.69. The van der Waals surface area contributed by atoms with E-state index < -0.39 is 10.0 Å². The molecule has 0 amide bonds. The van der Waals surface area contributed by atoms with Crippen molar-refractivity contribution in [3.63, 3.8) is 0 Å². The monoisotopic (exact) mass is 475 g/mol. The summed E-state index contributed by atoms with van der Waals surface area (Å²) in [5, 5.41) is 16.7. The molecule has 2 aliphatic heterocycles. The molecule has 3 aromatic carbocycles. The van der Waals surface area contributed by atoms with Crippen LogP contribution in [0.15, 0.2) is 71.6 Å². The Morgan fingerprint density at radius 1 is 1.00 bits per heavy atom. The van der Waals surface area contributed by atoms with Crippen molar-refractivity contribution >= 4 is 26.5 Å². The van der Waals surface area contributed by atoms with Gasteiger partial charge in [0.05, 0.1) is 10.9 Å². The maximum absolute atomic E-state index is 13.4. The Morgan fingerprint density at radius 3 is 2.62 bits per heavy atom. The van der Waals surface area contributed by atoms with Gasteiger partial charge in [0.25, 0.3) is 0 Å². The molecule has 1 fully saturated rings. The van der Waals surface area contributed by atoms with Crippen molar-refractivity contribution in [2.75, 3.05) is 38.5 Å². The summed E-state index contributed by atoms with van der Waals surface area (Å²) in [6.45, 7) is 2.52. The zero-order valence-electron chi connectivity index (χ0n) is 19.2. The van der Waals surface area contributed by atoms with Crippen LogP contribution < -0.4 is 5.32 Å². The number of phenols is 1. The van der Waals surface area contributed by atoms with Crippen molar-refractivity contribution in [2.45, 2.75) is 23.3 Å². The SMILES string of the molecule is CN1CCN(S(=O)(=O)c2ccc3c(c2)C2C=CCC2C(c2c(O)ccc4ccccc24)N3)CC1. The minimum Gasteiger partial charge on any atom is -0.508 e. The largest absolute Gasteiger partial charge is 0.508 e. The molecule has 1 aliphatic carbocycles. The summed E-state index contributed by atoms with van der Waals surface area (Å²) in [5.41, 5.74) is 2.86. The molecule has 0 saturated carbocycles. The number of benzene rings is 3. The highest BCUT2D eigenvalue weighted by Crippen LogP contribution is 2.52. The van der Waals surface area contributed by atoms with Crippen molar-refractivity contribution < 1.29 is 13.5 Å². The Kier molecular flexibility index (Phi) is 5.17. The molecule has 6 rings (SSSR count). The molecule has 6 nitrogen and oxygen atoms in total. The molecular weight excluding hydrogens is 446 g/mol. The number of fused-ring (bicyclic) bond motifs is 4. The maximum Gasteiger partial charge on any atom is 0.243 e. The van der Waals surface area contributed by atoms with Gasteiger partial charge in [-0.25, -0.2) is 8.42 Å². The molecule has 0 aromatic heterocycles. The molecule has 34 heavy (non-hydrogen) atoms. The van der Waals surface area contributed by atoms with Crippen LogP contribution in [-0.4, -0.2) is 56.0 Å². The fourth-order valence-corrected chi connectivity index (χ4v) is 7.27. The normalized spacial score (nSPS) is 25.1. The van der Waals surface area contributed by atoms with Gasteiger partial charge in [0.2, 0.25) is 10.0 Å². The first kappa shape index (κ1) is 21.6. The molecule has 3 aromatic rings. The van der Waals surface area contributed by atoms with Crippen LogP contribution in [0.2, 0.25) is 0 Å². The summed E-state index contributed by atoms with van der Waals surface area (Å²) in [6, 6.07) is 17.3. The zero-order valence-corrected chi connectivity index (χ0v) is 20.0. The van der Waals surface area contributed by atoms with Gasteiger partial charge in [-0.1, -0.05) is 42.5 Å². The highest BCUT2D eigenvalue weighted by Gasteiger charge is 2.40. The molecule has 3 aliphatic rings. The molecule has 2 N–H and O–H groups in total. The van der Waals surface area contributed by atoms with E-state index in [1.165, 1.54) is 0 Å². The number of nitrogens with zero attached hydrogens (tertiary/aromatic N) is 2. The lowest BCUT2D eigenvalue weighted by atomic mass is 9.76. The van der Waals surface area contributed by atoms with E-state index in [-0.39, 0.29) is 17.9 Å². The van der Waals surface area contributed by atoms with E-state index in [2.05, 4.69) is 34.5 Å². The van der Waals surface area contributed by atoms with E-state index in [0.717, 1.165) is 47.1 Å². The number of anilines is 1. The van der Waals surface area contributed by atoms with Crippen molar-refractivity contribution in [3.05, 3.63) is 77.9 Å². The number of hydrogen-bond donors (Lipinski definition) is 2. The van der Waals surface area contributed by atoms with Crippen LogP contribution >= 0.6 is 0 Å². The van der Waals surface area contributed by atoms with E-state index in [1.807, 2.05) is 37.4 Å². The van der Waals surface area contributed by atoms with E-state index in [0.29, 0.717) is 23.7 Å². The number of nitrogens with one attached hydrogen (secondary N) is 1. The quantitative estimate of drug-likeness (QED) is 0.553.